The summed E-state index contributed by atoms with van der Waals surface area (Å²) in [6.45, 7) is 4.62. The maximum Gasteiger partial charge on any atom is 0.416 e. The summed E-state index contributed by atoms with van der Waals surface area (Å²) in [5, 5.41) is 0. The standard InChI is InChI=1S/C14H16F3NO2/c1-9-7-18(8-10(2)20-9)13(19)11-3-5-12(6-4-11)14(15,16)17/h3-6,9-10H,7-8H2,1-2H3/t9-,10-/m0/s1. The van der Waals surface area contributed by atoms with Gasteiger partial charge in [-0.2, -0.15) is 13.2 Å². The Balaban J connectivity index is 2.13. The maximum absolute atomic E-state index is 12.5. The van der Waals surface area contributed by atoms with Crippen molar-refractivity contribution in [3.8, 4) is 0 Å². The minimum atomic E-state index is -4.39. The van der Waals surface area contributed by atoms with Crippen molar-refractivity contribution in [1.29, 1.82) is 0 Å². The van der Waals surface area contributed by atoms with Gasteiger partial charge in [0.1, 0.15) is 0 Å². The topological polar surface area (TPSA) is 29.5 Å². The summed E-state index contributed by atoms with van der Waals surface area (Å²) in [5.41, 5.74) is -0.489. The average Bonchev–Trinajstić information content (AvgIpc) is 2.36. The summed E-state index contributed by atoms with van der Waals surface area (Å²) in [5.74, 6) is -0.263. The Morgan fingerprint density at radius 3 is 2.10 bits per heavy atom. The van der Waals surface area contributed by atoms with E-state index >= 15 is 0 Å². The molecule has 0 unspecified atom stereocenters. The molecule has 3 nitrogen and oxygen atoms in total. The van der Waals surface area contributed by atoms with E-state index in [9.17, 15) is 18.0 Å². The Bertz CT molecular complexity index is 474. The van der Waals surface area contributed by atoms with Gasteiger partial charge in [-0.1, -0.05) is 0 Å². The van der Waals surface area contributed by atoms with Gasteiger partial charge in [0.15, 0.2) is 0 Å². The molecule has 1 amide bonds. The van der Waals surface area contributed by atoms with Crippen LogP contribution in [-0.2, 0) is 10.9 Å². The summed E-state index contributed by atoms with van der Waals surface area (Å²) in [7, 11) is 0. The second-order valence-corrected chi connectivity index (χ2v) is 5.04. The first-order chi connectivity index (χ1) is 9.27. The first-order valence-electron chi connectivity index (χ1n) is 6.39. The van der Waals surface area contributed by atoms with Gasteiger partial charge in [0.2, 0.25) is 0 Å². The van der Waals surface area contributed by atoms with Crippen LogP contribution < -0.4 is 0 Å². The van der Waals surface area contributed by atoms with Crippen LogP contribution >= 0.6 is 0 Å². The SMILES string of the molecule is C[C@H]1CN(C(=O)c2ccc(C(F)(F)F)cc2)C[C@H](C)O1. The number of hydrogen-bond donors (Lipinski definition) is 0. The number of rotatable bonds is 1. The number of nitrogens with zero attached hydrogens (tertiary/aromatic N) is 1. The van der Waals surface area contributed by atoms with Crippen molar-refractivity contribution >= 4 is 5.91 Å². The number of carbonyl (C=O) groups is 1. The largest absolute Gasteiger partial charge is 0.416 e. The summed E-state index contributed by atoms with van der Waals surface area (Å²) < 4.78 is 42.9. The van der Waals surface area contributed by atoms with Gasteiger partial charge in [-0.3, -0.25) is 4.79 Å². The Morgan fingerprint density at radius 1 is 1.15 bits per heavy atom. The normalized spacial score (nSPS) is 23.8. The number of ether oxygens (including phenoxy) is 1. The summed E-state index contributed by atoms with van der Waals surface area (Å²) in [6.07, 6.45) is -4.53. The number of alkyl halides is 3. The lowest BCUT2D eigenvalue weighted by atomic mass is 10.1. The molecule has 1 aliphatic heterocycles. The van der Waals surface area contributed by atoms with Crippen LogP contribution in [0.4, 0.5) is 13.2 Å². The average molecular weight is 287 g/mol. The van der Waals surface area contributed by atoms with Gasteiger partial charge in [-0.05, 0) is 38.1 Å². The third-order valence-corrected chi connectivity index (χ3v) is 3.17. The highest BCUT2D eigenvalue weighted by Crippen LogP contribution is 2.29. The molecule has 1 aromatic carbocycles. The highest BCUT2D eigenvalue weighted by atomic mass is 19.4. The van der Waals surface area contributed by atoms with Gasteiger partial charge in [0.25, 0.3) is 5.91 Å². The van der Waals surface area contributed by atoms with Gasteiger partial charge in [-0.25, -0.2) is 0 Å². The van der Waals surface area contributed by atoms with Crippen molar-refractivity contribution in [1.82, 2.24) is 4.90 Å². The lowest BCUT2D eigenvalue weighted by Gasteiger charge is -2.35. The molecule has 1 aromatic rings. The van der Waals surface area contributed by atoms with E-state index in [1.807, 2.05) is 13.8 Å². The monoisotopic (exact) mass is 287 g/mol. The Hall–Kier alpha value is -1.56. The van der Waals surface area contributed by atoms with Crippen molar-refractivity contribution in [2.75, 3.05) is 13.1 Å². The fourth-order valence-corrected chi connectivity index (χ4v) is 2.33. The number of halogens is 3. The highest BCUT2D eigenvalue weighted by Gasteiger charge is 2.31. The second-order valence-electron chi connectivity index (χ2n) is 5.04. The summed E-state index contributed by atoms with van der Waals surface area (Å²) >= 11 is 0. The second kappa shape index (κ2) is 5.44. The van der Waals surface area contributed by atoms with Crippen molar-refractivity contribution in [3.05, 3.63) is 35.4 Å². The number of amides is 1. The van der Waals surface area contributed by atoms with Gasteiger partial charge in [-0.15, -0.1) is 0 Å². The highest BCUT2D eigenvalue weighted by molar-refractivity contribution is 5.94. The van der Waals surface area contributed by atoms with E-state index in [4.69, 9.17) is 4.74 Å². The molecule has 0 spiro atoms. The van der Waals surface area contributed by atoms with E-state index in [1.165, 1.54) is 12.1 Å². The molecule has 2 rings (SSSR count). The molecule has 1 fully saturated rings. The fraction of sp³-hybridized carbons (Fsp3) is 0.500. The Kier molecular flexibility index (Phi) is 4.04. The van der Waals surface area contributed by atoms with E-state index in [1.54, 1.807) is 4.90 Å². The molecule has 20 heavy (non-hydrogen) atoms. The Morgan fingerprint density at radius 2 is 1.65 bits per heavy atom. The third-order valence-electron chi connectivity index (χ3n) is 3.17. The van der Waals surface area contributed by atoms with Gasteiger partial charge < -0.3 is 9.64 Å². The zero-order valence-corrected chi connectivity index (χ0v) is 11.3. The molecule has 1 saturated heterocycles. The van der Waals surface area contributed by atoms with Crippen LogP contribution in [-0.4, -0.2) is 36.1 Å². The molecule has 0 aliphatic carbocycles. The fourth-order valence-electron chi connectivity index (χ4n) is 2.33. The molecule has 1 aliphatic rings. The van der Waals surface area contributed by atoms with Crippen LogP contribution in [0, 0.1) is 0 Å². The molecular formula is C14H16F3NO2. The number of carbonyl (C=O) groups excluding carboxylic acids is 1. The van der Waals surface area contributed by atoms with E-state index in [0.29, 0.717) is 13.1 Å². The van der Waals surface area contributed by atoms with E-state index in [2.05, 4.69) is 0 Å². The van der Waals surface area contributed by atoms with Crippen LogP contribution in [0.15, 0.2) is 24.3 Å². The van der Waals surface area contributed by atoms with Crippen LogP contribution in [0.25, 0.3) is 0 Å². The molecule has 6 heteroatoms. The third kappa shape index (κ3) is 3.30. The molecule has 0 saturated carbocycles. The van der Waals surface area contributed by atoms with Crippen LogP contribution in [0.5, 0.6) is 0 Å². The minimum Gasteiger partial charge on any atom is -0.372 e. The zero-order valence-electron chi connectivity index (χ0n) is 11.3. The molecule has 110 valence electrons. The van der Waals surface area contributed by atoms with Gasteiger partial charge in [0, 0.05) is 18.7 Å². The maximum atomic E-state index is 12.5. The molecule has 1 heterocycles. The molecule has 0 N–H and O–H groups in total. The minimum absolute atomic E-state index is 0.0721. The predicted molar refractivity (Wildman–Crippen MR) is 67.4 cm³/mol. The molecule has 0 radical (unpaired) electrons. The number of hydrogen-bond acceptors (Lipinski definition) is 2. The molecular weight excluding hydrogens is 271 g/mol. The zero-order chi connectivity index (χ0) is 14.9. The summed E-state index contributed by atoms with van der Waals surface area (Å²) in [4.78, 5) is 13.9. The Labute approximate surface area is 115 Å². The first-order valence-corrected chi connectivity index (χ1v) is 6.39. The van der Waals surface area contributed by atoms with Crippen LogP contribution in [0.1, 0.15) is 29.8 Å². The molecule has 0 bridgehead atoms. The van der Waals surface area contributed by atoms with E-state index < -0.39 is 11.7 Å². The number of morpholine rings is 1. The predicted octanol–water partition coefficient (Wildman–Crippen LogP) is 2.95. The lowest BCUT2D eigenvalue weighted by molar-refractivity contribution is -0.137. The summed E-state index contributed by atoms with van der Waals surface area (Å²) in [6, 6.07) is 4.30. The smallest absolute Gasteiger partial charge is 0.372 e. The van der Waals surface area contributed by atoms with Crippen molar-refractivity contribution < 1.29 is 22.7 Å². The number of benzene rings is 1. The van der Waals surface area contributed by atoms with E-state index in [0.717, 1.165) is 12.1 Å². The quantitative estimate of drug-likeness (QED) is 0.794. The van der Waals surface area contributed by atoms with Crippen molar-refractivity contribution in [3.63, 3.8) is 0 Å². The lowest BCUT2D eigenvalue weighted by Crippen LogP contribution is -2.48. The van der Waals surface area contributed by atoms with E-state index in [-0.39, 0.29) is 23.7 Å². The molecule has 0 aromatic heterocycles. The first kappa shape index (κ1) is 14.8. The van der Waals surface area contributed by atoms with Crippen molar-refractivity contribution in [2.45, 2.75) is 32.2 Å². The van der Waals surface area contributed by atoms with Crippen LogP contribution in [0.3, 0.4) is 0 Å². The van der Waals surface area contributed by atoms with Crippen LogP contribution in [0.2, 0.25) is 0 Å². The van der Waals surface area contributed by atoms with Crippen molar-refractivity contribution in [2.24, 2.45) is 0 Å². The van der Waals surface area contributed by atoms with Gasteiger partial charge >= 0.3 is 6.18 Å². The van der Waals surface area contributed by atoms with Gasteiger partial charge in [0.05, 0.1) is 17.8 Å². The molecule has 2 atom stereocenters.